The molecule has 5 heteroatoms. The molecule has 0 amide bonds. The molecular weight excluding hydrogens is 298 g/mol. The Morgan fingerprint density at radius 3 is 2.58 bits per heavy atom. The van der Waals surface area contributed by atoms with Crippen LogP contribution in [0, 0.1) is 6.92 Å². The lowest BCUT2D eigenvalue weighted by Crippen LogP contribution is -2.00. The van der Waals surface area contributed by atoms with Crippen LogP contribution in [-0.2, 0) is 0 Å². The summed E-state index contributed by atoms with van der Waals surface area (Å²) in [6, 6.07) is 15.9. The van der Waals surface area contributed by atoms with Crippen LogP contribution >= 0.6 is 0 Å². The Labute approximate surface area is 139 Å². The van der Waals surface area contributed by atoms with E-state index in [-0.39, 0.29) is 0 Å². The minimum absolute atomic E-state index is 0.742. The fourth-order valence-electron chi connectivity index (χ4n) is 2.72. The maximum atomic E-state index is 5.78. The Morgan fingerprint density at radius 2 is 1.79 bits per heavy atom. The lowest BCUT2D eigenvalue weighted by molar-refractivity contribution is 1.12. The first-order valence-corrected chi connectivity index (χ1v) is 7.72. The fourth-order valence-corrected chi connectivity index (χ4v) is 2.72. The van der Waals surface area contributed by atoms with Crippen molar-refractivity contribution in [3.63, 3.8) is 0 Å². The van der Waals surface area contributed by atoms with E-state index in [9.17, 15) is 0 Å². The van der Waals surface area contributed by atoms with Crippen molar-refractivity contribution in [1.82, 2.24) is 14.4 Å². The van der Waals surface area contributed by atoms with Crippen LogP contribution in [0.5, 0.6) is 0 Å². The Bertz CT molecular complexity index is 1000. The highest BCUT2D eigenvalue weighted by molar-refractivity contribution is 5.77. The van der Waals surface area contributed by atoms with E-state index < -0.39 is 0 Å². The van der Waals surface area contributed by atoms with E-state index in [2.05, 4.69) is 28.3 Å². The van der Waals surface area contributed by atoms with Crippen LogP contribution in [0.1, 0.15) is 5.56 Å². The Kier molecular flexibility index (Phi) is 3.39. The molecule has 0 bridgehead atoms. The summed E-state index contributed by atoms with van der Waals surface area (Å²) in [7, 11) is 0. The average molecular weight is 315 g/mol. The van der Waals surface area contributed by atoms with Gasteiger partial charge in [-0.2, -0.15) is 0 Å². The average Bonchev–Trinajstić information content (AvgIpc) is 3.08. The first-order valence-electron chi connectivity index (χ1n) is 7.72. The SMILES string of the molecule is Cc1ccccc1Nc1ncc(-c2ccc(N)cc2)n2cncc12. The smallest absolute Gasteiger partial charge is 0.156 e. The molecule has 0 unspecified atom stereocenters. The predicted molar refractivity (Wildman–Crippen MR) is 97.3 cm³/mol. The van der Waals surface area contributed by atoms with Gasteiger partial charge in [-0.25, -0.2) is 9.97 Å². The highest BCUT2D eigenvalue weighted by Crippen LogP contribution is 2.27. The standard InChI is InChI=1S/C19H17N5/c1-13-4-2-3-5-16(13)23-19-18-10-21-12-24(18)17(11-22-19)14-6-8-15(20)9-7-14/h2-12H,20H2,1H3,(H,22,23). The van der Waals surface area contributed by atoms with Crippen molar-refractivity contribution in [2.45, 2.75) is 6.92 Å². The zero-order valence-electron chi connectivity index (χ0n) is 13.3. The second-order valence-electron chi connectivity index (χ2n) is 5.70. The molecule has 0 saturated carbocycles. The van der Waals surface area contributed by atoms with Crippen LogP contribution in [0.15, 0.2) is 67.3 Å². The van der Waals surface area contributed by atoms with E-state index in [4.69, 9.17) is 5.73 Å². The van der Waals surface area contributed by atoms with Crippen molar-refractivity contribution in [3.8, 4) is 11.3 Å². The zero-order valence-corrected chi connectivity index (χ0v) is 13.3. The number of para-hydroxylation sites is 1. The second-order valence-corrected chi connectivity index (χ2v) is 5.70. The Morgan fingerprint density at radius 1 is 1.00 bits per heavy atom. The summed E-state index contributed by atoms with van der Waals surface area (Å²) in [5, 5.41) is 3.40. The number of nitrogen functional groups attached to an aromatic ring is 1. The molecule has 2 aromatic carbocycles. The predicted octanol–water partition coefficient (Wildman–Crippen LogP) is 4.03. The number of fused-ring (bicyclic) bond motifs is 1. The van der Waals surface area contributed by atoms with E-state index in [0.717, 1.165) is 34.0 Å². The molecule has 0 radical (unpaired) electrons. The van der Waals surface area contributed by atoms with Gasteiger partial charge in [0.15, 0.2) is 5.82 Å². The molecule has 0 aliphatic carbocycles. The molecule has 4 aromatic rings. The summed E-state index contributed by atoms with van der Waals surface area (Å²) in [5.41, 5.74) is 11.7. The molecule has 0 atom stereocenters. The number of imidazole rings is 1. The van der Waals surface area contributed by atoms with Gasteiger partial charge in [-0.05, 0) is 30.7 Å². The molecule has 0 saturated heterocycles. The molecule has 3 N–H and O–H groups in total. The molecule has 0 spiro atoms. The summed E-state index contributed by atoms with van der Waals surface area (Å²) in [6.07, 6.45) is 5.46. The topological polar surface area (TPSA) is 68.2 Å². The lowest BCUT2D eigenvalue weighted by atomic mass is 10.1. The first-order chi connectivity index (χ1) is 11.7. The monoisotopic (exact) mass is 315 g/mol. The van der Waals surface area contributed by atoms with Crippen molar-refractivity contribution < 1.29 is 0 Å². The number of nitrogens with one attached hydrogen (secondary N) is 1. The number of benzene rings is 2. The van der Waals surface area contributed by atoms with E-state index in [0.29, 0.717) is 0 Å². The minimum atomic E-state index is 0.742. The van der Waals surface area contributed by atoms with Crippen molar-refractivity contribution >= 4 is 22.7 Å². The molecule has 2 aromatic heterocycles. The molecule has 0 fully saturated rings. The lowest BCUT2D eigenvalue weighted by Gasteiger charge is -2.12. The van der Waals surface area contributed by atoms with E-state index in [1.807, 2.05) is 59.3 Å². The molecule has 5 nitrogen and oxygen atoms in total. The van der Waals surface area contributed by atoms with Crippen molar-refractivity contribution in [2.75, 3.05) is 11.1 Å². The summed E-state index contributed by atoms with van der Waals surface area (Å²) in [4.78, 5) is 8.90. The number of hydrogen-bond donors (Lipinski definition) is 2. The van der Waals surface area contributed by atoms with Gasteiger partial charge in [0.2, 0.25) is 0 Å². The van der Waals surface area contributed by atoms with Gasteiger partial charge in [0, 0.05) is 16.9 Å². The highest BCUT2D eigenvalue weighted by atomic mass is 15.1. The van der Waals surface area contributed by atoms with Crippen LogP contribution in [0.25, 0.3) is 16.8 Å². The van der Waals surface area contributed by atoms with Crippen LogP contribution in [-0.4, -0.2) is 14.4 Å². The maximum absolute atomic E-state index is 5.78. The Hall–Kier alpha value is -3.34. The van der Waals surface area contributed by atoms with E-state index in [1.54, 1.807) is 6.33 Å². The van der Waals surface area contributed by atoms with Crippen molar-refractivity contribution in [3.05, 3.63) is 72.8 Å². The van der Waals surface area contributed by atoms with Crippen LogP contribution in [0.2, 0.25) is 0 Å². The fraction of sp³-hybridized carbons (Fsp3) is 0.0526. The van der Waals surface area contributed by atoms with Gasteiger partial charge in [0.1, 0.15) is 5.52 Å². The number of nitrogens with two attached hydrogens (primary N) is 1. The quantitative estimate of drug-likeness (QED) is 0.560. The number of nitrogens with zero attached hydrogens (tertiary/aromatic N) is 3. The number of anilines is 3. The summed E-state index contributed by atoms with van der Waals surface area (Å²) in [5.74, 6) is 0.779. The normalized spacial score (nSPS) is 10.9. The van der Waals surface area contributed by atoms with Gasteiger partial charge in [-0.3, -0.25) is 4.40 Å². The van der Waals surface area contributed by atoms with E-state index in [1.165, 1.54) is 5.56 Å². The summed E-state index contributed by atoms with van der Waals surface area (Å²) >= 11 is 0. The van der Waals surface area contributed by atoms with E-state index >= 15 is 0 Å². The number of aromatic nitrogens is 3. The first kappa shape index (κ1) is 14.3. The van der Waals surface area contributed by atoms with Gasteiger partial charge < -0.3 is 11.1 Å². The largest absolute Gasteiger partial charge is 0.399 e. The number of hydrogen-bond acceptors (Lipinski definition) is 4. The molecule has 0 aliphatic heterocycles. The molecule has 4 rings (SSSR count). The molecule has 2 heterocycles. The maximum Gasteiger partial charge on any atom is 0.156 e. The molecule has 118 valence electrons. The zero-order chi connectivity index (χ0) is 16.5. The van der Waals surface area contributed by atoms with Gasteiger partial charge in [0.05, 0.1) is 24.4 Å². The van der Waals surface area contributed by atoms with Gasteiger partial charge in [-0.1, -0.05) is 30.3 Å². The van der Waals surface area contributed by atoms with Crippen LogP contribution in [0.4, 0.5) is 17.2 Å². The van der Waals surface area contributed by atoms with Crippen LogP contribution in [0.3, 0.4) is 0 Å². The third-order valence-electron chi connectivity index (χ3n) is 4.06. The highest BCUT2D eigenvalue weighted by Gasteiger charge is 2.10. The Balaban J connectivity index is 1.80. The minimum Gasteiger partial charge on any atom is -0.399 e. The van der Waals surface area contributed by atoms with Crippen molar-refractivity contribution in [2.24, 2.45) is 0 Å². The van der Waals surface area contributed by atoms with Crippen LogP contribution < -0.4 is 11.1 Å². The summed E-state index contributed by atoms with van der Waals surface area (Å²) < 4.78 is 2.03. The van der Waals surface area contributed by atoms with Gasteiger partial charge in [-0.15, -0.1) is 0 Å². The number of rotatable bonds is 3. The number of aryl methyl sites for hydroxylation is 1. The van der Waals surface area contributed by atoms with Crippen molar-refractivity contribution in [1.29, 1.82) is 0 Å². The third-order valence-corrected chi connectivity index (χ3v) is 4.06. The molecule has 24 heavy (non-hydrogen) atoms. The van der Waals surface area contributed by atoms with Gasteiger partial charge >= 0.3 is 0 Å². The third kappa shape index (κ3) is 2.46. The summed E-state index contributed by atoms with van der Waals surface area (Å²) in [6.45, 7) is 2.07. The van der Waals surface area contributed by atoms with Gasteiger partial charge in [0.25, 0.3) is 0 Å². The molecular formula is C19H17N5. The second kappa shape index (κ2) is 5.70. The molecule has 0 aliphatic rings.